The number of hydrogen-bond donors (Lipinski definition) is 2. The number of aryl methyl sites for hydroxylation is 1. The SMILES string of the molecule is COC(=O)C(CCc1ccccc1)NC(=O)c1ccc([C@H]2CCCC(NC(C)c3cccc4ccccc34)C2)cc1. The van der Waals surface area contributed by atoms with Crippen LogP contribution in [-0.4, -0.2) is 31.1 Å². The summed E-state index contributed by atoms with van der Waals surface area (Å²) in [5.74, 6) is -0.233. The molecule has 4 aromatic carbocycles. The van der Waals surface area contributed by atoms with Crippen molar-refractivity contribution in [3.05, 3.63) is 119 Å². The molecule has 1 saturated carbocycles. The number of benzene rings is 4. The molecule has 5 rings (SSSR count). The summed E-state index contributed by atoms with van der Waals surface area (Å²) in [5, 5.41) is 9.38. The van der Waals surface area contributed by atoms with Crippen LogP contribution in [0.3, 0.4) is 0 Å². The first-order chi connectivity index (χ1) is 20.0. The van der Waals surface area contributed by atoms with Crippen molar-refractivity contribution < 1.29 is 14.3 Å². The van der Waals surface area contributed by atoms with Gasteiger partial charge in [-0.25, -0.2) is 4.79 Å². The second kappa shape index (κ2) is 13.6. The molecular weight excluding hydrogens is 508 g/mol. The molecule has 5 nitrogen and oxygen atoms in total. The van der Waals surface area contributed by atoms with Crippen LogP contribution in [0, 0.1) is 0 Å². The van der Waals surface area contributed by atoms with E-state index < -0.39 is 12.0 Å². The van der Waals surface area contributed by atoms with E-state index in [-0.39, 0.29) is 11.9 Å². The van der Waals surface area contributed by atoms with E-state index in [1.165, 1.54) is 41.9 Å². The van der Waals surface area contributed by atoms with Gasteiger partial charge in [-0.15, -0.1) is 0 Å². The zero-order chi connectivity index (χ0) is 28.6. The van der Waals surface area contributed by atoms with Gasteiger partial charge in [0.05, 0.1) is 7.11 Å². The summed E-state index contributed by atoms with van der Waals surface area (Å²) in [7, 11) is 1.36. The Morgan fingerprint density at radius 3 is 2.39 bits per heavy atom. The number of amides is 1. The third-order valence-corrected chi connectivity index (χ3v) is 8.45. The van der Waals surface area contributed by atoms with Crippen LogP contribution in [0.5, 0.6) is 0 Å². The van der Waals surface area contributed by atoms with Crippen molar-refractivity contribution in [2.24, 2.45) is 0 Å². The van der Waals surface area contributed by atoms with Crippen LogP contribution < -0.4 is 10.6 Å². The molecule has 0 saturated heterocycles. The first-order valence-corrected chi connectivity index (χ1v) is 14.8. The van der Waals surface area contributed by atoms with E-state index >= 15 is 0 Å². The maximum atomic E-state index is 13.0. The standard InChI is InChI=1S/C36H40N2O3/c1-25(32-17-9-13-28-12-6-7-16-33(28)32)37-31-15-8-14-30(24-31)27-19-21-29(22-20-27)35(39)38-34(36(40)41-2)23-18-26-10-4-3-5-11-26/h3-7,9-13,16-17,19-22,25,30-31,34,37H,8,14-15,18,23-24H2,1-2H3,(H,38,39)/t25?,30-,31?,34?/m0/s1. The summed E-state index contributed by atoms with van der Waals surface area (Å²) in [6.07, 6.45) is 5.73. The fourth-order valence-corrected chi connectivity index (χ4v) is 6.21. The van der Waals surface area contributed by atoms with E-state index in [2.05, 4.69) is 72.2 Å². The van der Waals surface area contributed by atoms with Crippen molar-refractivity contribution in [2.75, 3.05) is 7.11 Å². The lowest BCUT2D eigenvalue weighted by molar-refractivity contribution is -0.143. The number of hydrogen-bond acceptors (Lipinski definition) is 4. The van der Waals surface area contributed by atoms with E-state index in [1.807, 2.05) is 42.5 Å². The van der Waals surface area contributed by atoms with Gasteiger partial charge in [-0.1, -0.05) is 91.3 Å². The molecule has 0 heterocycles. The monoisotopic (exact) mass is 548 g/mol. The normalized spacial score (nSPS) is 18.4. The lowest BCUT2D eigenvalue weighted by Gasteiger charge is -2.32. The van der Waals surface area contributed by atoms with E-state index in [0.29, 0.717) is 30.4 Å². The predicted molar refractivity (Wildman–Crippen MR) is 165 cm³/mol. The molecule has 212 valence electrons. The Kier molecular flexibility index (Phi) is 9.48. The van der Waals surface area contributed by atoms with Crippen molar-refractivity contribution in [1.29, 1.82) is 0 Å². The Labute approximate surface area is 243 Å². The highest BCUT2D eigenvalue weighted by molar-refractivity contribution is 5.96. The quantitative estimate of drug-likeness (QED) is 0.207. The number of fused-ring (bicyclic) bond motifs is 1. The van der Waals surface area contributed by atoms with Gasteiger partial charge in [0.15, 0.2) is 0 Å². The highest BCUT2D eigenvalue weighted by Gasteiger charge is 2.26. The lowest BCUT2D eigenvalue weighted by Crippen LogP contribution is -2.41. The summed E-state index contributed by atoms with van der Waals surface area (Å²) in [6.45, 7) is 2.26. The topological polar surface area (TPSA) is 67.4 Å². The highest BCUT2D eigenvalue weighted by Crippen LogP contribution is 2.34. The fourth-order valence-electron chi connectivity index (χ4n) is 6.21. The Balaban J connectivity index is 1.19. The van der Waals surface area contributed by atoms with E-state index in [9.17, 15) is 9.59 Å². The Hall–Kier alpha value is -3.96. The van der Waals surface area contributed by atoms with Crippen molar-refractivity contribution >= 4 is 22.6 Å². The van der Waals surface area contributed by atoms with Crippen LogP contribution in [0.1, 0.15) is 78.0 Å². The first kappa shape index (κ1) is 28.6. The molecule has 3 unspecified atom stereocenters. The number of esters is 1. The number of rotatable bonds is 10. The van der Waals surface area contributed by atoms with Crippen molar-refractivity contribution in [2.45, 2.75) is 69.5 Å². The summed E-state index contributed by atoms with van der Waals surface area (Å²) in [5.41, 5.74) is 4.28. The van der Waals surface area contributed by atoms with E-state index in [1.54, 1.807) is 0 Å². The second-order valence-corrected chi connectivity index (χ2v) is 11.2. The smallest absolute Gasteiger partial charge is 0.328 e. The summed E-state index contributed by atoms with van der Waals surface area (Å²) in [4.78, 5) is 25.4. The van der Waals surface area contributed by atoms with Crippen LogP contribution in [0.25, 0.3) is 10.8 Å². The van der Waals surface area contributed by atoms with Gasteiger partial charge in [0.2, 0.25) is 0 Å². The average Bonchev–Trinajstić information content (AvgIpc) is 3.03. The molecule has 1 aliphatic rings. The number of nitrogens with one attached hydrogen (secondary N) is 2. The second-order valence-electron chi connectivity index (χ2n) is 11.2. The van der Waals surface area contributed by atoms with Crippen LogP contribution in [0.15, 0.2) is 97.1 Å². The molecule has 4 atom stereocenters. The minimum absolute atomic E-state index is 0.257. The molecule has 0 spiro atoms. The summed E-state index contributed by atoms with van der Waals surface area (Å²) < 4.78 is 4.96. The van der Waals surface area contributed by atoms with Gasteiger partial charge in [0, 0.05) is 17.6 Å². The number of carbonyl (C=O) groups is 2. The zero-order valence-corrected chi connectivity index (χ0v) is 24.0. The summed E-state index contributed by atoms with van der Waals surface area (Å²) in [6, 6.07) is 33.0. The van der Waals surface area contributed by atoms with Crippen molar-refractivity contribution in [3.8, 4) is 0 Å². The van der Waals surface area contributed by atoms with Gasteiger partial charge in [-0.05, 0) is 84.5 Å². The third kappa shape index (κ3) is 7.22. The van der Waals surface area contributed by atoms with Crippen molar-refractivity contribution in [3.63, 3.8) is 0 Å². The van der Waals surface area contributed by atoms with Crippen LogP contribution in [0.2, 0.25) is 0 Å². The molecule has 1 amide bonds. The fraction of sp³-hybridized carbons (Fsp3) is 0.333. The van der Waals surface area contributed by atoms with E-state index in [4.69, 9.17) is 4.74 Å². The molecule has 0 aromatic heterocycles. The highest BCUT2D eigenvalue weighted by atomic mass is 16.5. The van der Waals surface area contributed by atoms with Gasteiger partial charge in [0.25, 0.3) is 5.91 Å². The molecule has 1 fully saturated rings. The zero-order valence-electron chi connectivity index (χ0n) is 24.0. The Morgan fingerprint density at radius 1 is 0.878 bits per heavy atom. The minimum atomic E-state index is -0.693. The Bertz CT molecular complexity index is 1450. The molecular formula is C36H40N2O3. The summed E-state index contributed by atoms with van der Waals surface area (Å²) >= 11 is 0. The molecule has 1 aliphatic carbocycles. The number of methoxy groups -OCH3 is 1. The van der Waals surface area contributed by atoms with Crippen molar-refractivity contribution in [1.82, 2.24) is 10.6 Å². The molecule has 41 heavy (non-hydrogen) atoms. The lowest BCUT2D eigenvalue weighted by atomic mass is 9.80. The molecule has 0 bridgehead atoms. The molecule has 2 N–H and O–H groups in total. The first-order valence-electron chi connectivity index (χ1n) is 14.8. The predicted octanol–water partition coefficient (Wildman–Crippen LogP) is 7.12. The Morgan fingerprint density at radius 2 is 1.61 bits per heavy atom. The minimum Gasteiger partial charge on any atom is -0.467 e. The van der Waals surface area contributed by atoms with Gasteiger partial charge in [0.1, 0.15) is 6.04 Å². The third-order valence-electron chi connectivity index (χ3n) is 8.45. The van der Waals surface area contributed by atoms with Crippen LogP contribution in [-0.2, 0) is 16.0 Å². The maximum Gasteiger partial charge on any atom is 0.328 e. The van der Waals surface area contributed by atoms with Gasteiger partial charge < -0.3 is 15.4 Å². The molecule has 0 aliphatic heterocycles. The van der Waals surface area contributed by atoms with Gasteiger partial charge in [-0.3, -0.25) is 4.79 Å². The number of carbonyl (C=O) groups excluding carboxylic acids is 2. The van der Waals surface area contributed by atoms with E-state index in [0.717, 1.165) is 18.4 Å². The molecule has 0 radical (unpaired) electrons. The van der Waals surface area contributed by atoms with Crippen LogP contribution >= 0.6 is 0 Å². The molecule has 5 heteroatoms. The van der Waals surface area contributed by atoms with Gasteiger partial charge in [-0.2, -0.15) is 0 Å². The van der Waals surface area contributed by atoms with Gasteiger partial charge >= 0.3 is 5.97 Å². The largest absolute Gasteiger partial charge is 0.467 e. The van der Waals surface area contributed by atoms with Crippen LogP contribution in [0.4, 0.5) is 0 Å². The average molecular weight is 549 g/mol. The molecule has 4 aromatic rings. The number of ether oxygens (including phenoxy) is 1. The maximum absolute atomic E-state index is 13.0.